The van der Waals surface area contributed by atoms with Crippen LogP contribution in [0, 0.1) is 39.4 Å². The summed E-state index contributed by atoms with van der Waals surface area (Å²) in [6.07, 6.45) is 4.85. The molecular weight excluding hydrogens is 424 g/mol. The van der Waals surface area contributed by atoms with Gasteiger partial charge >= 0.3 is 0 Å². The second-order valence-corrected chi connectivity index (χ2v) is 14.0. The third-order valence-electron chi connectivity index (χ3n) is 12.0. The molecule has 0 amide bonds. The van der Waals surface area contributed by atoms with E-state index in [0.717, 1.165) is 44.1 Å². The van der Waals surface area contributed by atoms with Gasteiger partial charge in [-0.15, -0.1) is 0 Å². The molecule has 190 valence electrons. The maximum absolute atomic E-state index is 12.9. The molecule has 0 aromatic carbocycles. The summed E-state index contributed by atoms with van der Waals surface area (Å²) in [6.45, 7) is 19.7. The minimum atomic E-state index is -0.630. The molecule has 1 heterocycles. The maximum atomic E-state index is 12.9. The molecule has 4 heteroatoms. The van der Waals surface area contributed by atoms with Crippen molar-refractivity contribution in [2.45, 2.75) is 118 Å². The molecule has 3 saturated carbocycles. The minimum Gasteiger partial charge on any atom is -0.392 e. The Balaban J connectivity index is 1.55. The largest absolute Gasteiger partial charge is 0.392 e. The molecule has 1 aliphatic heterocycles. The lowest BCUT2D eigenvalue weighted by molar-refractivity contribution is -0.211. The number of aliphatic hydroxyl groups excluding tert-OH is 2. The van der Waals surface area contributed by atoms with Gasteiger partial charge in [0, 0.05) is 11.8 Å². The molecule has 0 radical (unpaired) electrons. The van der Waals surface area contributed by atoms with Crippen LogP contribution in [0.3, 0.4) is 0 Å². The van der Waals surface area contributed by atoms with E-state index in [4.69, 9.17) is 4.74 Å². The molecular formula is C30H46O4. The summed E-state index contributed by atoms with van der Waals surface area (Å²) < 4.78 is 6.60. The molecule has 4 nitrogen and oxygen atoms in total. The normalized spacial score (nSPS) is 50.7. The second-order valence-electron chi connectivity index (χ2n) is 14.0. The van der Waals surface area contributed by atoms with Crippen molar-refractivity contribution in [3.63, 3.8) is 0 Å². The van der Waals surface area contributed by atoms with Crippen molar-refractivity contribution in [3.05, 3.63) is 23.3 Å². The number of carbonyl (C=O) groups excluding carboxylic acids is 1. The van der Waals surface area contributed by atoms with E-state index in [1.807, 2.05) is 6.92 Å². The Kier molecular flexibility index (Phi) is 5.47. The van der Waals surface area contributed by atoms with Gasteiger partial charge in [0.05, 0.1) is 18.3 Å². The zero-order valence-electron chi connectivity index (χ0n) is 22.4. The van der Waals surface area contributed by atoms with E-state index in [2.05, 4.69) is 48.1 Å². The van der Waals surface area contributed by atoms with Gasteiger partial charge in [0.1, 0.15) is 11.9 Å². The van der Waals surface area contributed by atoms with Gasteiger partial charge < -0.3 is 14.9 Å². The molecule has 4 aliphatic carbocycles. The van der Waals surface area contributed by atoms with Gasteiger partial charge in [-0.3, -0.25) is 4.79 Å². The number of ketones is 1. The summed E-state index contributed by atoms with van der Waals surface area (Å²) in [5.74, 6) is 1.22. The molecule has 4 fully saturated rings. The Hall–Kier alpha value is -0.970. The molecule has 34 heavy (non-hydrogen) atoms. The minimum absolute atomic E-state index is 0.0143. The van der Waals surface area contributed by atoms with Crippen LogP contribution in [-0.4, -0.2) is 40.4 Å². The summed E-state index contributed by atoms with van der Waals surface area (Å²) >= 11 is 0. The zero-order valence-corrected chi connectivity index (χ0v) is 22.4. The summed E-state index contributed by atoms with van der Waals surface area (Å²) in [5, 5.41) is 22.6. The van der Waals surface area contributed by atoms with E-state index < -0.39 is 6.10 Å². The van der Waals surface area contributed by atoms with E-state index in [0.29, 0.717) is 24.0 Å². The first-order chi connectivity index (χ1) is 15.7. The predicted octanol–water partition coefficient (Wildman–Crippen LogP) is 5.62. The third-order valence-corrected chi connectivity index (χ3v) is 12.0. The molecule has 0 bridgehead atoms. The van der Waals surface area contributed by atoms with E-state index >= 15 is 0 Å². The fraction of sp³-hybridized carbons (Fsp3) is 0.833. The van der Waals surface area contributed by atoms with Crippen molar-refractivity contribution in [1.82, 2.24) is 0 Å². The highest BCUT2D eigenvalue weighted by molar-refractivity contribution is 5.85. The van der Waals surface area contributed by atoms with Gasteiger partial charge in [-0.05, 0) is 90.6 Å². The van der Waals surface area contributed by atoms with Crippen molar-refractivity contribution in [3.8, 4) is 0 Å². The average molecular weight is 471 g/mol. The number of Topliss-reactive ketones (excluding diaryl/α,β-unsaturated/α-hetero) is 1. The van der Waals surface area contributed by atoms with Crippen LogP contribution < -0.4 is 0 Å². The smallest absolute Gasteiger partial charge is 0.138 e. The van der Waals surface area contributed by atoms with Crippen molar-refractivity contribution in [2.75, 3.05) is 0 Å². The Labute approximate surface area is 206 Å². The Morgan fingerprint density at radius 1 is 1.18 bits per heavy atom. The first kappa shape index (κ1) is 24.7. The monoisotopic (exact) mass is 470 g/mol. The van der Waals surface area contributed by atoms with Gasteiger partial charge in [0.2, 0.25) is 0 Å². The highest BCUT2D eigenvalue weighted by Crippen LogP contribution is 2.74. The summed E-state index contributed by atoms with van der Waals surface area (Å²) in [5.41, 5.74) is 3.16. The number of hydrogen-bond donors (Lipinski definition) is 2. The Morgan fingerprint density at radius 3 is 2.50 bits per heavy atom. The number of aliphatic hydroxyl groups is 2. The van der Waals surface area contributed by atoms with Crippen LogP contribution in [0.15, 0.2) is 23.3 Å². The van der Waals surface area contributed by atoms with Crippen molar-refractivity contribution in [1.29, 1.82) is 0 Å². The summed E-state index contributed by atoms with van der Waals surface area (Å²) in [4.78, 5) is 12.9. The zero-order chi connectivity index (χ0) is 25.0. The maximum Gasteiger partial charge on any atom is 0.138 e. The van der Waals surface area contributed by atoms with Crippen molar-refractivity contribution < 1.29 is 19.7 Å². The molecule has 2 N–H and O–H groups in total. The van der Waals surface area contributed by atoms with Crippen LogP contribution in [0.5, 0.6) is 0 Å². The quantitative estimate of drug-likeness (QED) is 0.514. The Bertz CT molecular complexity index is 947. The van der Waals surface area contributed by atoms with E-state index in [1.165, 1.54) is 11.1 Å². The van der Waals surface area contributed by atoms with Gasteiger partial charge in [-0.2, -0.15) is 0 Å². The number of rotatable bonds is 2. The van der Waals surface area contributed by atoms with Crippen LogP contribution in [0.1, 0.15) is 93.4 Å². The molecule has 2 unspecified atom stereocenters. The topological polar surface area (TPSA) is 66.8 Å². The number of carbonyl (C=O) groups is 1. The lowest BCUT2D eigenvalue weighted by Crippen LogP contribution is -2.65. The van der Waals surface area contributed by atoms with Crippen LogP contribution in [0.2, 0.25) is 0 Å². The van der Waals surface area contributed by atoms with Gasteiger partial charge in [-0.25, -0.2) is 0 Å². The van der Waals surface area contributed by atoms with Crippen LogP contribution in [0.4, 0.5) is 0 Å². The molecule has 0 aromatic rings. The molecule has 5 aliphatic rings. The highest BCUT2D eigenvalue weighted by atomic mass is 16.5. The van der Waals surface area contributed by atoms with Gasteiger partial charge in [0.15, 0.2) is 0 Å². The third kappa shape index (κ3) is 2.97. The highest BCUT2D eigenvalue weighted by Gasteiger charge is 2.70. The summed E-state index contributed by atoms with van der Waals surface area (Å²) in [7, 11) is 0. The van der Waals surface area contributed by atoms with Crippen molar-refractivity contribution in [2.24, 2.45) is 39.4 Å². The average Bonchev–Trinajstić information content (AvgIpc) is 3.03. The predicted molar refractivity (Wildman–Crippen MR) is 134 cm³/mol. The SMILES string of the molecule is C=C(C)[C@H](O)C1C[C@@H](C)C2=C3C[C@H](O)C4[C@](C)(CC[C@H]5C(C)(C)C(=O)CC[C@]45C)[C@@]3(C)C[C@@H]2O1. The first-order valence-corrected chi connectivity index (χ1v) is 13.6. The standard InChI is InChI=1S/C30H46O4/c1-16(2)25(33)20-13-17(3)24-18-14-19(31)26-28(6)11-10-23(32)27(4,5)22(28)9-12-29(26,7)30(18,8)15-21(24)34-20/h17,19-22,25-26,31,33H,1,9-15H2,2-8H3/t17-,19+,20?,21+,22+,25+,26?,28+,29+,30+/m1/s1. The lowest BCUT2D eigenvalue weighted by Gasteiger charge is -2.68. The van der Waals surface area contributed by atoms with Crippen molar-refractivity contribution >= 4 is 5.78 Å². The van der Waals surface area contributed by atoms with Gasteiger partial charge in [-0.1, -0.05) is 53.7 Å². The number of ether oxygens (including phenoxy) is 1. The van der Waals surface area contributed by atoms with E-state index in [-0.39, 0.29) is 45.9 Å². The second kappa shape index (κ2) is 7.52. The summed E-state index contributed by atoms with van der Waals surface area (Å²) in [6, 6.07) is 0. The fourth-order valence-corrected chi connectivity index (χ4v) is 10.1. The number of hydrogen-bond acceptors (Lipinski definition) is 4. The fourth-order valence-electron chi connectivity index (χ4n) is 10.1. The van der Waals surface area contributed by atoms with Crippen LogP contribution >= 0.6 is 0 Å². The lowest BCUT2D eigenvalue weighted by atomic mass is 9.36. The van der Waals surface area contributed by atoms with Crippen LogP contribution in [-0.2, 0) is 9.53 Å². The molecule has 1 saturated heterocycles. The number of fused-ring (bicyclic) bond motifs is 6. The van der Waals surface area contributed by atoms with E-state index in [1.54, 1.807) is 0 Å². The van der Waals surface area contributed by atoms with Gasteiger partial charge in [0.25, 0.3) is 0 Å². The molecule has 0 spiro atoms. The first-order valence-electron chi connectivity index (χ1n) is 13.6. The molecule has 10 atom stereocenters. The van der Waals surface area contributed by atoms with E-state index in [9.17, 15) is 15.0 Å². The Morgan fingerprint density at radius 2 is 1.85 bits per heavy atom. The molecule has 5 rings (SSSR count). The van der Waals surface area contributed by atoms with Crippen LogP contribution in [0.25, 0.3) is 0 Å². The molecule has 0 aromatic heterocycles.